The van der Waals surface area contributed by atoms with E-state index in [1.807, 2.05) is 0 Å². The number of carboxylic acids is 1. The van der Waals surface area contributed by atoms with E-state index in [-0.39, 0.29) is 22.6 Å². The minimum absolute atomic E-state index is 0.132. The molecule has 9 heteroatoms. The number of urea groups is 1. The fourth-order valence-electron chi connectivity index (χ4n) is 2.74. The minimum Gasteiger partial charge on any atom is -0.546 e. The highest BCUT2D eigenvalue weighted by molar-refractivity contribution is 6.40. The van der Waals surface area contributed by atoms with E-state index in [9.17, 15) is 24.3 Å². The Bertz CT molecular complexity index is 1060. The van der Waals surface area contributed by atoms with Gasteiger partial charge < -0.3 is 14.6 Å². The van der Waals surface area contributed by atoms with Gasteiger partial charge in [-0.2, -0.15) is 0 Å². The molecule has 0 radical (unpaired) electrons. The molecule has 4 amide bonds. The maximum absolute atomic E-state index is 13.0. The second kappa shape index (κ2) is 8.15. The van der Waals surface area contributed by atoms with Crippen molar-refractivity contribution in [3.63, 3.8) is 0 Å². The van der Waals surface area contributed by atoms with Crippen LogP contribution in [-0.2, 0) is 14.4 Å². The Hall–Kier alpha value is -3.65. The average molecular weight is 414 g/mol. The van der Waals surface area contributed by atoms with Gasteiger partial charge in [0.1, 0.15) is 17.9 Å². The number of amides is 4. The first-order valence-electron chi connectivity index (χ1n) is 8.38. The van der Waals surface area contributed by atoms with Crippen molar-refractivity contribution in [2.24, 2.45) is 0 Å². The lowest BCUT2D eigenvalue weighted by Gasteiger charge is -2.27. The van der Waals surface area contributed by atoms with E-state index < -0.39 is 30.4 Å². The number of para-hydroxylation sites is 1. The number of carboxylic acid groups (broad SMARTS) is 1. The number of imide groups is 2. The Balaban J connectivity index is 2.03. The lowest BCUT2D eigenvalue weighted by atomic mass is 10.1. The minimum atomic E-state index is -1.42. The van der Waals surface area contributed by atoms with Crippen molar-refractivity contribution in [2.75, 3.05) is 11.5 Å². The first kappa shape index (κ1) is 20.1. The van der Waals surface area contributed by atoms with Crippen molar-refractivity contribution in [1.29, 1.82) is 0 Å². The quantitative estimate of drug-likeness (QED) is 0.585. The maximum Gasteiger partial charge on any atom is 0.335 e. The van der Waals surface area contributed by atoms with E-state index in [0.29, 0.717) is 10.6 Å². The maximum atomic E-state index is 13.0. The van der Waals surface area contributed by atoms with E-state index in [4.69, 9.17) is 16.3 Å². The number of barbiturate groups is 1. The summed E-state index contributed by atoms with van der Waals surface area (Å²) in [6.45, 7) is 0.938. The van der Waals surface area contributed by atoms with Crippen LogP contribution in [-0.4, -0.2) is 30.4 Å². The highest BCUT2D eigenvalue weighted by atomic mass is 35.5. The summed E-state index contributed by atoms with van der Waals surface area (Å²) < 4.78 is 5.13. The highest BCUT2D eigenvalue weighted by Gasteiger charge is 2.37. The molecule has 2 aromatic carbocycles. The molecule has 0 aliphatic carbocycles. The van der Waals surface area contributed by atoms with Crippen LogP contribution >= 0.6 is 11.6 Å². The fourth-order valence-corrected chi connectivity index (χ4v) is 2.91. The van der Waals surface area contributed by atoms with Crippen LogP contribution < -0.4 is 20.1 Å². The topological polar surface area (TPSA) is 116 Å². The molecule has 2 aromatic rings. The molecule has 0 aromatic heterocycles. The normalized spacial score (nSPS) is 15.4. The zero-order valence-electron chi connectivity index (χ0n) is 15.1. The van der Waals surface area contributed by atoms with Gasteiger partial charge in [-0.05, 0) is 36.8 Å². The molecule has 1 aliphatic heterocycles. The van der Waals surface area contributed by atoms with Gasteiger partial charge in [-0.25, -0.2) is 9.69 Å². The van der Waals surface area contributed by atoms with Crippen LogP contribution in [0.1, 0.15) is 11.1 Å². The Morgan fingerprint density at radius 2 is 1.90 bits per heavy atom. The molecule has 1 fully saturated rings. The number of hydrogen-bond acceptors (Lipinski definition) is 6. The summed E-state index contributed by atoms with van der Waals surface area (Å²) in [6, 6.07) is 10.0. The van der Waals surface area contributed by atoms with E-state index in [2.05, 4.69) is 5.32 Å². The molecule has 8 nitrogen and oxygen atoms in total. The zero-order chi connectivity index (χ0) is 21.1. The SMILES string of the molecule is Cc1c(Cl)cccc1N1C(=O)NC(=O)/C(=C\c2ccccc2OCC(=O)[O-])C1=O. The van der Waals surface area contributed by atoms with Gasteiger partial charge in [-0.15, -0.1) is 0 Å². The largest absolute Gasteiger partial charge is 0.546 e. The molecule has 3 rings (SSSR count). The van der Waals surface area contributed by atoms with Gasteiger partial charge in [0.15, 0.2) is 0 Å². The van der Waals surface area contributed by atoms with Crippen molar-refractivity contribution >= 4 is 47.2 Å². The predicted octanol–water partition coefficient (Wildman–Crippen LogP) is 1.44. The van der Waals surface area contributed by atoms with Crippen molar-refractivity contribution < 1.29 is 29.0 Å². The first-order valence-corrected chi connectivity index (χ1v) is 8.75. The predicted molar refractivity (Wildman–Crippen MR) is 102 cm³/mol. The lowest BCUT2D eigenvalue weighted by Crippen LogP contribution is -2.54. The Morgan fingerprint density at radius 1 is 1.17 bits per heavy atom. The molecular weight excluding hydrogens is 400 g/mol. The third-order valence-electron chi connectivity index (χ3n) is 4.15. The molecule has 0 unspecified atom stereocenters. The number of rotatable bonds is 5. The summed E-state index contributed by atoms with van der Waals surface area (Å²) in [7, 11) is 0. The average Bonchev–Trinajstić information content (AvgIpc) is 2.67. The number of nitrogens with zero attached hydrogens (tertiary/aromatic N) is 1. The van der Waals surface area contributed by atoms with Gasteiger partial charge in [0, 0.05) is 10.6 Å². The van der Waals surface area contributed by atoms with E-state index in [1.54, 1.807) is 31.2 Å². The molecular formula is C20H14ClN2O6-. The van der Waals surface area contributed by atoms with Gasteiger partial charge in [-0.3, -0.25) is 14.9 Å². The monoisotopic (exact) mass is 413 g/mol. The molecule has 0 atom stereocenters. The van der Waals surface area contributed by atoms with Crippen LogP contribution in [0.4, 0.5) is 10.5 Å². The fraction of sp³-hybridized carbons (Fsp3) is 0.100. The molecule has 148 valence electrons. The summed E-state index contributed by atoms with van der Waals surface area (Å²) in [5, 5.41) is 13.1. The number of hydrogen-bond donors (Lipinski definition) is 1. The van der Waals surface area contributed by atoms with Crippen molar-refractivity contribution in [3.05, 3.63) is 64.2 Å². The molecule has 0 bridgehead atoms. The van der Waals surface area contributed by atoms with Crippen molar-refractivity contribution in [3.8, 4) is 5.75 Å². The number of carbonyl (C=O) groups is 4. The molecule has 1 aliphatic rings. The Morgan fingerprint density at radius 3 is 2.62 bits per heavy atom. The third kappa shape index (κ3) is 4.12. The standard InChI is InChI=1S/C20H15ClN2O6/c1-11-14(21)6-4-7-15(11)23-19(27)13(18(26)22-20(23)28)9-12-5-2-3-8-16(12)29-10-17(24)25/h2-9H,10H2,1H3,(H,24,25)(H,22,26,28)/p-1/b13-9+. The van der Waals surface area contributed by atoms with Gasteiger partial charge in [0.05, 0.1) is 11.7 Å². The smallest absolute Gasteiger partial charge is 0.335 e. The van der Waals surface area contributed by atoms with Crippen LogP contribution in [0.15, 0.2) is 48.0 Å². The van der Waals surface area contributed by atoms with Crippen LogP contribution in [0.5, 0.6) is 5.75 Å². The summed E-state index contributed by atoms with van der Waals surface area (Å²) in [5.74, 6) is -3.02. The van der Waals surface area contributed by atoms with Gasteiger partial charge >= 0.3 is 6.03 Å². The molecule has 1 saturated heterocycles. The van der Waals surface area contributed by atoms with Crippen LogP contribution in [0.25, 0.3) is 6.08 Å². The van der Waals surface area contributed by atoms with Crippen molar-refractivity contribution in [1.82, 2.24) is 5.32 Å². The number of aliphatic carboxylic acids is 1. The van der Waals surface area contributed by atoms with Gasteiger partial charge in [0.25, 0.3) is 11.8 Å². The van der Waals surface area contributed by atoms with Gasteiger partial charge in [0.2, 0.25) is 0 Å². The first-order chi connectivity index (χ1) is 13.8. The number of ether oxygens (including phenoxy) is 1. The van der Waals surface area contributed by atoms with E-state index in [1.165, 1.54) is 24.3 Å². The molecule has 0 saturated carbocycles. The van der Waals surface area contributed by atoms with E-state index in [0.717, 1.165) is 4.90 Å². The molecule has 29 heavy (non-hydrogen) atoms. The van der Waals surface area contributed by atoms with E-state index >= 15 is 0 Å². The number of anilines is 1. The highest BCUT2D eigenvalue weighted by Crippen LogP contribution is 2.30. The molecule has 1 N–H and O–H groups in total. The number of carbonyl (C=O) groups excluding carboxylic acids is 4. The number of nitrogens with one attached hydrogen (secondary N) is 1. The Labute approximate surface area is 170 Å². The van der Waals surface area contributed by atoms with Crippen LogP contribution in [0.3, 0.4) is 0 Å². The summed E-state index contributed by atoms with van der Waals surface area (Å²) >= 11 is 6.08. The second-order valence-electron chi connectivity index (χ2n) is 6.04. The lowest BCUT2D eigenvalue weighted by molar-refractivity contribution is -0.307. The van der Waals surface area contributed by atoms with Crippen LogP contribution in [0, 0.1) is 6.92 Å². The second-order valence-corrected chi connectivity index (χ2v) is 6.45. The molecule has 0 spiro atoms. The molecule has 1 heterocycles. The third-order valence-corrected chi connectivity index (χ3v) is 4.56. The Kier molecular flexibility index (Phi) is 5.65. The van der Waals surface area contributed by atoms with Gasteiger partial charge in [-0.1, -0.05) is 35.9 Å². The summed E-state index contributed by atoms with van der Waals surface area (Å²) in [6.07, 6.45) is 1.22. The number of halogens is 1. The summed E-state index contributed by atoms with van der Waals surface area (Å²) in [5.41, 5.74) is 0.682. The summed E-state index contributed by atoms with van der Waals surface area (Å²) in [4.78, 5) is 49.1. The van der Waals surface area contributed by atoms with Crippen molar-refractivity contribution in [2.45, 2.75) is 6.92 Å². The zero-order valence-corrected chi connectivity index (χ0v) is 15.9. The number of benzene rings is 2. The van der Waals surface area contributed by atoms with Crippen LogP contribution in [0.2, 0.25) is 5.02 Å².